The van der Waals surface area contributed by atoms with E-state index in [-0.39, 0.29) is 0 Å². The number of aromatic nitrogens is 1. The standard InChI is InChI=1S/C11H13N3/c1-14(10-3-2-4-10)11-7-9(8-12)5-6-13-11/h5-7,10H,2-4H2,1H3. The molecule has 0 unspecified atom stereocenters. The minimum Gasteiger partial charge on any atom is -0.357 e. The van der Waals surface area contributed by atoms with E-state index < -0.39 is 0 Å². The van der Waals surface area contributed by atoms with Crippen LogP contribution in [-0.2, 0) is 0 Å². The van der Waals surface area contributed by atoms with E-state index >= 15 is 0 Å². The van der Waals surface area contributed by atoms with E-state index in [4.69, 9.17) is 5.26 Å². The van der Waals surface area contributed by atoms with Crippen molar-refractivity contribution in [2.45, 2.75) is 25.3 Å². The fraction of sp³-hybridized carbons (Fsp3) is 0.455. The lowest BCUT2D eigenvalue weighted by Gasteiger charge is -2.35. The van der Waals surface area contributed by atoms with Crippen LogP contribution in [0.1, 0.15) is 24.8 Å². The molecule has 2 rings (SSSR count). The third-order valence-corrected chi connectivity index (χ3v) is 2.86. The Bertz CT molecular complexity index is 363. The minimum absolute atomic E-state index is 0.622. The van der Waals surface area contributed by atoms with Gasteiger partial charge in [-0.1, -0.05) is 0 Å². The van der Waals surface area contributed by atoms with Gasteiger partial charge in [0.15, 0.2) is 0 Å². The maximum atomic E-state index is 8.76. The molecule has 0 saturated heterocycles. The summed E-state index contributed by atoms with van der Waals surface area (Å²) in [4.78, 5) is 6.44. The number of rotatable bonds is 2. The first-order valence-corrected chi connectivity index (χ1v) is 4.90. The molecule has 0 spiro atoms. The van der Waals surface area contributed by atoms with Gasteiger partial charge in [-0.05, 0) is 31.4 Å². The molecule has 1 saturated carbocycles. The number of hydrogen-bond acceptors (Lipinski definition) is 3. The quantitative estimate of drug-likeness (QED) is 0.710. The Morgan fingerprint density at radius 1 is 1.57 bits per heavy atom. The SMILES string of the molecule is CN(c1cc(C#N)ccn1)C1CCC1. The largest absolute Gasteiger partial charge is 0.357 e. The van der Waals surface area contributed by atoms with Gasteiger partial charge >= 0.3 is 0 Å². The van der Waals surface area contributed by atoms with Crippen molar-refractivity contribution in [3.05, 3.63) is 23.9 Å². The van der Waals surface area contributed by atoms with E-state index in [1.54, 1.807) is 12.3 Å². The van der Waals surface area contributed by atoms with Gasteiger partial charge in [-0.2, -0.15) is 5.26 Å². The predicted molar refractivity (Wildman–Crippen MR) is 55.0 cm³/mol. The molecule has 72 valence electrons. The Kier molecular flexibility index (Phi) is 2.36. The zero-order valence-corrected chi connectivity index (χ0v) is 8.27. The third kappa shape index (κ3) is 1.56. The van der Waals surface area contributed by atoms with Crippen molar-refractivity contribution in [1.82, 2.24) is 4.98 Å². The van der Waals surface area contributed by atoms with E-state index in [0.29, 0.717) is 11.6 Å². The van der Waals surface area contributed by atoms with Crippen LogP contribution in [0.25, 0.3) is 0 Å². The Hall–Kier alpha value is -1.56. The molecule has 0 amide bonds. The van der Waals surface area contributed by atoms with Gasteiger partial charge < -0.3 is 4.90 Å². The molecule has 0 N–H and O–H groups in total. The van der Waals surface area contributed by atoms with Crippen LogP contribution in [-0.4, -0.2) is 18.1 Å². The Morgan fingerprint density at radius 2 is 2.36 bits per heavy atom. The van der Waals surface area contributed by atoms with Gasteiger partial charge in [0.25, 0.3) is 0 Å². The first-order chi connectivity index (χ1) is 6.81. The summed E-state index contributed by atoms with van der Waals surface area (Å²) < 4.78 is 0. The summed E-state index contributed by atoms with van der Waals surface area (Å²) in [5.74, 6) is 0.911. The average Bonchev–Trinajstić information content (AvgIpc) is 2.15. The molecule has 0 aromatic carbocycles. The zero-order valence-electron chi connectivity index (χ0n) is 8.27. The Morgan fingerprint density at radius 3 is 2.93 bits per heavy atom. The van der Waals surface area contributed by atoms with E-state index in [1.807, 2.05) is 13.1 Å². The van der Waals surface area contributed by atoms with Gasteiger partial charge in [-0.25, -0.2) is 4.98 Å². The van der Waals surface area contributed by atoms with Crippen LogP contribution in [0.2, 0.25) is 0 Å². The van der Waals surface area contributed by atoms with Crippen LogP contribution in [0, 0.1) is 11.3 Å². The molecule has 0 atom stereocenters. The van der Waals surface area contributed by atoms with E-state index in [2.05, 4.69) is 16.0 Å². The summed E-state index contributed by atoms with van der Waals surface area (Å²) in [5.41, 5.74) is 0.682. The highest BCUT2D eigenvalue weighted by Crippen LogP contribution is 2.27. The van der Waals surface area contributed by atoms with E-state index in [1.165, 1.54) is 19.3 Å². The highest BCUT2D eigenvalue weighted by Gasteiger charge is 2.22. The predicted octanol–water partition coefficient (Wildman–Crippen LogP) is 1.94. The smallest absolute Gasteiger partial charge is 0.129 e. The van der Waals surface area contributed by atoms with Crippen LogP contribution in [0.5, 0.6) is 0 Å². The molecule has 1 aliphatic carbocycles. The van der Waals surface area contributed by atoms with Crippen molar-refractivity contribution < 1.29 is 0 Å². The van der Waals surface area contributed by atoms with Crippen LogP contribution in [0.4, 0.5) is 5.82 Å². The lowest BCUT2D eigenvalue weighted by Crippen LogP contribution is -2.37. The summed E-state index contributed by atoms with van der Waals surface area (Å²) in [5, 5.41) is 8.76. The molecule has 0 bridgehead atoms. The van der Waals surface area contributed by atoms with Gasteiger partial charge in [-0.15, -0.1) is 0 Å². The number of pyridine rings is 1. The summed E-state index contributed by atoms with van der Waals surface area (Å²) in [7, 11) is 2.05. The molecular weight excluding hydrogens is 174 g/mol. The second-order valence-electron chi connectivity index (χ2n) is 3.71. The summed E-state index contributed by atoms with van der Waals surface area (Å²) in [6.07, 6.45) is 5.50. The molecule has 0 radical (unpaired) electrons. The maximum Gasteiger partial charge on any atom is 0.129 e. The van der Waals surface area contributed by atoms with E-state index in [0.717, 1.165) is 5.82 Å². The number of nitriles is 1. The molecular formula is C11H13N3. The normalized spacial score (nSPS) is 15.7. The molecule has 1 aromatic rings. The van der Waals surface area contributed by atoms with Crippen molar-refractivity contribution >= 4 is 5.82 Å². The average molecular weight is 187 g/mol. The van der Waals surface area contributed by atoms with Gasteiger partial charge in [0.2, 0.25) is 0 Å². The molecule has 1 aromatic heterocycles. The topological polar surface area (TPSA) is 39.9 Å². The molecule has 1 aliphatic rings. The third-order valence-electron chi connectivity index (χ3n) is 2.86. The Labute approximate surface area is 84.0 Å². The van der Waals surface area contributed by atoms with Crippen molar-refractivity contribution in [3.63, 3.8) is 0 Å². The van der Waals surface area contributed by atoms with Crippen molar-refractivity contribution in [1.29, 1.82) is 5.26 Å². The Balaban J connectivity index is 2.18. The molecule has 14 heavy (non-hydrogen) atoms. The number of hydrogen-bond donors (Lipinski definition) is 0. The fourth-order valence-electron chi connectivity index (χ4n) is 1.64. The summed E-state index contributed by atoms with van der Waals surface area (Å²) >= 11 is 0. The lowest BCUT2D eigenvalue weighted by molar-refractivity contribution is 0.399. The summed E-state index contributed by atoms with van der Waals surface area (Å²) in [6, 6.07) is 6.33. The maximum absolute atomic E-state index is 8.76. The van der Waals surface area contributed by atoms with Crippen molar-refractivity contribution in [2.75, 3.05) is 11.9 Å². The molecule has 1 heterocycles. The van der Waals surface area contributed by atoms with Gasteiger partial charge in [0, 0.05) is 19.3 Å². The zero-order chi connectivity index (χ0) is 9.97. The fourth-order valence-corrected chi connectivity index (χ4v) is 1.64. The first kappa shape index (κ1) is 9.01. The first-order valence-electron chi connectivity index (χ1n) is 4.90. The number of anilines is 1. The van der Waals surface area contributed by atoms with Crippen LogP contribution < -0.4 is 4.90 Å². The lowest BCUT2D eigenvalue weighted by atomic mass is 9.92. The second kappa shape index (κ2) is 3.67. The summed E-state index contributed by atoms with van der Waals surface area (Å²) in [6.45, 7) is 0. The molecule has 3 heteroatoms. The molecule has 1 fully saturated rings. The minimum atomic E-state index is 0.622. The second-order valence-corrected chi connectivity index (χ2v) is 3.71. The van der Waals surface area contributed by atoms with Crippen LogP contribution in [0.15, 0.2) is 18.3 Å². The van der Waals surface area contributed by atoms with Gasteiger partial charge in [0.1, 0.15) is 5.82 Å². The monoisotopic (exact) mass is 187 g/mol. The van der Waals surface area contributed by atoms with Crippen molar-refractivity contribution in [2.24, 2.45) is 0 Å². The highest BCUT2D eigenvalue weighted by atomic mass is 15.2. The molecule has 0 aliphatic heterocycles. The van der Waals surface area contributed by atoms with Crippen molar-refractivity contribution in [3.8, 4) is 6.07 Å². The van der Waals surface area contributed by atoms with Crippen LogP contribution in [0.3, 0.4) is 0 Å². The highest BCUT2D eigenvalue weighted by molar-refractivity contribution is 5.45. The van der Waals surface area contributed by atoms with E-state index in [9.17, 15) is 0 Å². The van der Waals surface area contributed by atoms with Crippen LogP contribution >= 0.6 is 0 Å². The molecule has 3 nitrogen and oxygen atoms in total. The number of nitrogens with zero attached hydrogens (tertiary/aromatic N) is 3. The van der Waals surface area contributed by atoms with Gasteiger partial charge in [-0.3, -0.25) is 0 Å². The van der Waals surface area contributed by atoms with Gasteiger partial charge in [0.05, 0.1) is 11.6 Å².